The number of rotatable bonds is 5. The van der Waals surface area contributed by atoms with Gasteiger partial charge in [0.15, 0.2) is 5.13 Å². The van der Waals surface area contributed by atoms with Crippen LogP contribution in [0.3, 0.4) is 0 Å². The summed E-state index contributed by atoms with van der Waals surface area (Å²) in [5.41, 5.74) is 1.18. The van der Waals surface area contributed by atoms with E-state index in [4.69, 9.17) is 14.2 Å². The maximum atomic E-state index is 12.4. The van der Waals surface area contributed by atoms with Gasteiger partial charge in [-0.1, -0.05) is 17.4 Å². The average Bonchev–Trinajstić information content (AvgIpc) is 3.02. The van der Waals surface area contributed by atoms with Gasteiger partial charge in [0.1, 0.15) is 22.8 Å². The van der Waals surface area contributed by atoms with Crippen LogP contribution in [0.25, 0.3) is 10.2 Å². The third-order valence-corrected chi connectivity index (χ3v) is 4.36. The van der Waals surface area contributed by atoms with Gasteiger partial charge in [-0.25, -0.2) is 4.98 Å². The topological polar surface area (TPSA) is 69.7 Å². The fourth-order valence-corrected chi connectivity index (χ4v) is 3.14. The van der Waals surface area contributed by atoms with Crippen LogP contribution in [0.5, 0.6) is 17.2 Å². The SMILES string of the molecule is COc1cccc(C(=O)Nc2nc3c(OC)cc(OC)cc3s2)c1. The molecule has 6 nitrogen and oxygen atoms in total. The molecule has 1 aromatic heterocycles. The van der Waals surface area contributed by atoms with Gasteiger partial charge in [-0.2, -0.15) is 0 Å². The number of nitrogens with one attached hydrogen (secondary N) is 1. The van der Waals surface area contributed by atoms with E-state index < -0.39 is 0 Å². The maximum Gasteiger partial charge on any atom is 0.257 e. The summed E-state index contributed by atoms with van der Waals surface area (Å²) in [6.45, 7) is 0. The molecule has 2 aromatic carbocycles. The van der Waals surface area contributed by atoms with E-state index in [0.717, 1.165) is 4.70 Å². The van der Waals surface area contributed by atoms with Gasteiger partial charge in [-0.3, -0.25) is 10.1 Å². The summed E-state index contributed by atoms with van der Waals surface area (Å²) in [7, 11) is 4.72. The number of benzene rings is 2. The van der Waals surface area contributed by atoms with Crippen molar-refractivity contribution in [1.29, 1.82) is 0 Å². The lowest BCUT2D eigenvalue weighted by Gasteiger charge is -2.04. The van der Waals surface area contributed by atoms with Crippen LogP contribution in [0.2, 0.25) is 0 Å². The Balaban J connectivity index is 1.91. The molecular formula is C17H16N2O4S. The predicted molar refractivity (Wildman–Crippen MR) is 93.7 cm³/mol. The number of aromatic nitrogens is 1. The predicted octanol–water partition coefficient (Wildman–Crippen LogP) is 3.57. The first-order chi connectivity index (χ1) is 11.6. The summed E-state index contributed by atoms with van der Waals surface area (Å²) >= 11 is 1.35. The molecule has 0 saturated heterocycles. The average molecular weight is 344 g/mol. The number of hydrogen-bond acceptors (Lipinski definition) is 6. The molecule has 1 amide bonds. The highest BCUT2D eigenvalue weighted by molar-refractivity contribution is 7.22. The number of anilines is 1. The summed E-state index contributed by atoms with van der Waals surface area (Å²) < 4.78 is 16.6. The zero-order chi connectivity index (χ0) is 17.1. The summed E-state index contributed by atoms with van der Waals surface area (Å²) in [6.07, 6.45) is 0. The minimum atomic E-state index is -0.251. The number of hydrogen-bond donors (Lipinski definition) is 1. The van der Waals surface area contributed by atoms with Crippen LogP contribution >= 0.6 is 11.3 Å². The number of methoxy groups -OCH3 is 3. The van der Waals surface area contributed by atoms with E-state index in [2.05, 4.69) is 10.3 Å². The van der Waals surface area contributed by atoms with Crippen molar-refractivity contribution in [3.63, 3.8) is 0 Å². The van der Waals surface area contributed by atoms with Crippen molar-refractivity contribution >= 4 is 32.6 Å². The minimum absolute atomic E-state index is 0.251. The van der Waals surface area contributed by atoms with Crippen molar-refractivity contribution < 1.29 is 19.0 Å². The Morgan fingerprint density at radius 1 is 1.04 bits per heavy atom. The number of fused-ring (bicyclic) bond motifs is 1. The van der Waals surface area contributed by atoms with Crippen LogP contribution in [-0.2, 0) is 0 Å². The fourth-order valence-electron chi connectivity index (χ4n) is 2.24. The van der Waals surface area contributed by atoms with Crippen molar-refractivity contribution in [2.75, 3.05) is 26.6 Å². The van der Waals surface area contributed by atoms with E-state index in [1.807, 2.05) is 6.07 Å². The minimum Gasteiger partial charge on any atom is -0.497 e. The largest absolute Gasteiger partial charge is 0.497 e. The molecule has 0 atom stereocenters. The van der Waals surface area contributed by atoms with Gasteiger partial charge in [-0.15, -0.1) is 0 Å². The van der Waals surface area contributed by atoms with Crippen LogP contribution in [-0.4, -0.2) is 32.2 Å². The smallest absolute Gasteiger partial charge is 0.257 e. The summed E-state index contributed by atoms with van der Waals surface area (Å²) in [5.74, 6) is 1.65. The van der Waals surface area contributed by atoms with E-state index in [-0.39, 0.29) is 5.91 Å². The van der Waals surface area contributed by atoms with E-state index in [0.29, 0.717) is 33.5 Å². The van der Waals surface area contributed by atoms with Crippen molar-refractivity contribution in [3.05, 3.63) is 42.0 Å². The van der Waals surface area contributed by atoms with Gasteiger partial charge in [-0.05, 0) is 24.3 Å². The molecule has 0 spiro atoms. The Hall–Kier alpha value is -2.80. The molecular weight excluding hydrogens is 328 g/mol. The van der Waals surface area contributed by atoms with Crippen molar-refractivity contribution in [2.24, 2.45) is 0 Å². The lowest BCUT2D eigenvalue weighted by atomic mass is 10.2. The zero-order valence-corrected chi connectivity index (χ0v) is 14.3. The zero-order valence-electron chi connectivity index (χ0n) is 13.5. The van der Waals surface area contributed by atoms with E-state index in [9.17, 15) is 4.79 Å². The first-order valence-corrected chi connectivity index (χ1v) is 7.94. The van der Waals surface area contributed by atoms with E-state index in [1.54, 1.807) is 51.7 Å². The number of carbonyl (C=O) groups is 1. The van der Waals surface area contributed by atoms with Gasteiger partial charge in [0.2, 0.25) is 0 Å². The van der Waals surface area contributed by atoms with Gasteiger partial charge in [0, 0.05) is 11.6 Å². The van der Waals surface area contributed by atoms with Crippen molar-refractivity contribution in [1.82, 2.24) is 4.98 Å². The normalized spacial score (nSPS) is 10.5. The molecule has 1 N–H and O–H groups in total. The van der Waals surface area contributed by atoms with Crippen LogP contribution in [0.1, 0.15) is 10.4 Å². The summed E-state index contributed by atoms with van der Waals surface area (Å²) in [4.78, 5) is 16.8. The molecule has 0 fully saturated rings. The highest BCUT2D eigenvalue weighted by Gasteiger charge is 2.14. The highest BCUT2D eigenvalue weighted by atomic mass is 32.1. The molecule has 0 aliphatic carbocycles. The molecule has 0 radical (unpaired) electrons. The molecule has 24 heavy (non-hydrogen) atoms. The van der Waals surface area contributed by atoms with E-state index >= 15 is 0 Å². The second-order valence-electron chi connectivity index (χ2n) is 4.88. The van der Waals surface area contributed by atoms with E-state index in [1.165, 1.54) is 11.3 Å². The molecule has 0 bridgehead atoms. The van der Waals surface area contributed by atoms with Crippen LogP contribution in [0, 0.1) is 0 Å². The van der Waals surface area contributed by atoms with Gasteiger partial charge in [0.05, 0.1) is 26.0 Å². The van der Waals surface area contributed by atoms with Gasteiger partial charge < -0.3 is 14.2 Å². The second-order valence-corrected chi connectivity index (χ2v) is 5.91. The molecule has 3 aromatic rings. The first-order valence-electron chi connectivity index (χ1n) is 7.12. The van der Waals surface area contributed by atoms with Crippen molar-refractivity contribution in [2.45, 2.75) is 0 Å². The molecule has 3 rings (SSSR count). The van der Waals surface area contributed by atoms with Crippen LogP contribution in [0.15, 0.2) is 36.4 Å². The third kappa shape index (κ3) is 3.11. The summed E-state index contributed by atoms with van der Waals surface area (Å²) in [6, 6.07) is 10.6. The molecule has 0 unspecified atom stereocenters. The number of amides is 1. The van der Waals surface area contributed by atoms with Crippen LogP contribution in [0.4, 0.5) is 5.13 Å². The molecule has 124 valence electrons. The lowest BCUT2D eigenvalue weighted by molar-refractivity contribution is 0.102. The Morgan fingerprint density at radius 2 is 1.83 bits per heavy atom. The second kappa shape index (κ2) is 6.76. The van der Waals surface area contributed by atoms with Crippen molar-refractivity contribution in [3.8, 4) is 17.2 Å². The molecule has 7 heteroatoms. The molecule has 1 heterocycles. The number of carbonyl (C=O) groups excluding carboxylic acids is 1. The summed E-state index contributed by atoms with van der Waals surface area (Å²) in [5, 5.41) is 3.29. The number of ether oxygens (including phenoxy) is 3. The van der Waals surface area contributed by atoms with Gasteiger partial charge in [0.25, 0.3) is 5.91 Å². The third-order valence-electron chi connectivity index (χ3n) is 3.44. The molecule has 0 aliphatic rings. The monoisotopic (exact) mass is 344 g/mol. The highest BCUT2D eigenvalue weighted by Crippen LogP contribution is 2.36. The molecule has 0 saturated carbocycles. The Bertz CT molecular complexity index is 891. The fraction of sp³-hybridized carbons (Fsp3) is 0.176. The quantitative estimate of drug-likeness (QED) is 0.766. The number of nitrogens with zero attached hydrogens (tertiary/aromatic N) is 1. The number of thiazole rings is 1. The van der Waals surface area contributed by atoms with Crippen LogP contribution < -0.4 is 19.5 Å². The standard InChI is InChI=1S/C17H16N2O4S/c1-21-11-6-4-5-10(7-11)16(20)19-17-18-15-13(23-3)8-12(22-2)9-14(15)24-17/h4-9H,1-3H3,(H,18,19,20). The Labute approximate surface area is 143 Å². The Kier molecular flexibility index (Phi) is 4.52. The first kappa shape index (κ1) is 16.1. The lowest BCUT2D eigenvalue weighted by Crippen LogP contribution is -2.11. The maximum absolute atomic E-state index is 12.4. The molecule has 0 aliphatic heterocycles. The van der Waals surface area contributed by atoms with Gasteiger partial charge >= 0.3 is 0 Å². The Morgan fingerprint density at radius 3 is 2.54 bits per heavy atom.